The Morgan fingerprint density at radius 1 is 0.778 bits per heavy atom. The van der Waals surface area contributed by atoms with Crippen molar-refractivity contribution < 1.29 is 51.0 Å². The topological polar surface area (TPSA) is 0 Å². The van der Waals surface area contributed by atoms with Crippen molar-refractivity contribution in [1.29, 1.82) is 0 Å². The number of hydrogen-bond acceptors (Lipinski definition) is 0. The van der Waals surface area contributed by atoms with Crippen molar-refractivity contribution >= 4 is 12.2 Å². The maximum Gasteiger partial charge on any atom is 3.00 e. The van der Waals surface area contributed by atoms with E-state index in [9.17, 15) is 0 Å². The van der Waals surface area contributed by atoms with E-state index in [-0.39, 0.29) is 51.0 Å². The smallest absolute Gasteiger partial charge is 1.00 e. The summed E-state index contributed by atoms with van der Waals surface area (Å²) in [6, 6.07) is 17.7. The first-order valence-corrected chi connectivity index (χ1v) is 9.23. The third-order valence-electron chi connectivity index (χ3n) is 5.62. The van der Waals surface area contributed by atoms with Crippen LogP contribution in [0.2, 0.25) is 0 Å². The molecule has 0 heterocycles. The van der Waals surface area contributed by atoms with Crippen LogP contribution in [-0.2, 0) is 26.2 Å². The molecule has 1 radical (unpaired) electrons. The largest absolute Gasteiger partial charge is 3.00 e. The van der Waals surface area contributed by atoms with Crippen LogP contribution < -0.4 is 24.8 Å². The summed E-state index contributed by atoms with van der Waals surface area (Å²) in [6.45, 7) is 2.32. The Labute approximate surface area is 195 Å². The van der Waals surface area contributed by atoms with Crippen LogP contribution in [0.1, 0.15) is 66.7 Å². The molecule has 2 unspecified atom stereocenters. The van der Waals surface area contributed by atoms with Gasteiger partial charge in [-0.3, -0.25) is 0 Å². The van der Waals surface area contributed by atoms with E-state index in [1.54, 1.807) is 5.92 Å². The molecule has 0 spiro atoms. The Kier molecular flexibility index (Phi) is 10.3. The van der Waals surface area contributed by atoms with E-state index >= 15 is 0 Å². The van der Waals surface area contributed by atoms with Gasteiger partial charge in [0, 0.05) is 5.92 Å². The van der Waals surface area contributed by atoms with Crippen molar-refractivity contribution in [3.63, 3.8) is 0 Å². The van der Waals surface area contributed by atoms with Gasteiger partial charge in [0.25, 0.3) is 0 Å². The standard InChI is InChI=1S/C24H25.2ClH.Zr/c1-2-18(17-22-16-15-20-8-4-6-10-24(20)22)11-12-21-14-13-19-7-3-5-9-23(19)21;;;/h3-10,13-16,21-22H,2,11-12,17H2,1H3;2*1H;/q-1;;;+3/p-2. The molecule has 0 fully saturated rings. The molecule has 139 valence electrons. The quantitative estimate of drug-likeness (QED) is 0.542. The molecule has 2 aromatic carbocycles. The molecule has 4 rings (SSSR count). The molecule has 0 aliphatic heterocycles. The summed E-state index contributed by atoms with van der Waals surface area (Å²) < 4.78 is 0. The fourth-order valence-electron chi connectivity index (χ4n) is 4.17. The molecule has 0 amide bonds. The summed E-state index contributed by atoms with van der Waals surface area (Å²) in [4.78, 5) is 0. The van der Waals surface area contributed by atoms with Gasteiger partial charge in [0.2, 0.25) is 0 Å². The van der Waals surface area contributed by atoms with Crippen molar-refractivity contribution in [2.24, 2.45) is 0 Å². The number of rotatable bonds is 6. The minimum atomic E-state index is 0. The van der Waals surface area contributed by atoms with Gasteiger partial charge in [0.05, 0.1) is 0 Å². The average molecular weight is 476 g/mol. The first-order chi connectivity index (χ1) is 11.8. The number of fused-ring (bicyclic) bond motifs is 2. The third-order valence-corrected chi connectivity index (χ3v) is 5.62. The van der Waals surface area contributed by atoms with Crippen molar-refractivity contribution in [3.05, 3.63) is 88.9 Å². The second-order valence-electron chi connectivity index (χ2n) is 7.04. The summed E-state index contributed by atoms with van der Waals surface area (Å²) in [5.41, 5.74) is 5.84. The van der Waals surface area contributed by atoms with Crippen LogP contribution in [0, 0.1) is 5.92 Å². The van der Waals surface area contributed by atoms with E-state index < -0.39 is 0 Å². The summed E-state index contributed by atoms with van der Waals surface area (Å²) in [7, 11) is 0. The van der Waals surface area contributed by atoms with Gasteiger partial charge in [0.15, 0.2) is 0 Å². The van der Waals surface area contributed by atoms with E-state index in [1.165, 1.54) is 47.9 Å². The van der Waals surface area contributed by atoms with Crippen LogP contribution in [0.5, 0.6) is 0 Å². The van der Waals surface area contributed by atoms with Crippen LogP contribution in [-0.4, -0.2) is 0 Å². The molecule has 0 saturated carbocycles. The second-order valence-corrected chi connectivity index (χ2v) is 7.04. The van der Waals surface area contributed by atoms with Gasteiger partial charge in [-0.15, -0.1) is 0 Å². The fraction of sp³-hybridized carbons (Fsp3) is 0.292. The molecule has 2 aliphatic carbocycles. The minimum absolute atomic E-state index is 0. The van der Waals surface area contributed by atoms with Gasteiger partial charge in [-0.05, 0) is 28.2 Å². The second kappa shape index (κ2) is 11.4. The first-order valence-electron chi connectivity index (χ1n) is 9.23. The molecule has 0 N–H and O–H groups in total. The molecular formula is C24H25Cl2Zr. The molecule has 0 saturated heterocycles. The molecule has 2 atom stereocenters. The van der Waals surface area contributed by atoms with Crippen LogP contribution in [0.15, 0.2) is 60.7 Å². The van der Waals surface area contributed by atoms with E-state index in [4.69, 9.17) is 0 Å². The van der Waals surface area contributed by atoms with E-state index in [0.717, 1.165) is 0 Å². The van der Waals surface area contributed by atoms with Crippen molar-refractivity contribution in [1.82, 2.24) is 0 Å². The molecule has 0 aromatic heterocycles. The Morgan fingerprint density at radius 2 is 1.30 bits per heavy atom. The predicted molar refractivity (Wildman–Crippen MR) is 104 cm³/mol. The summed E-state index contributed by atoms with van der Waals surface area (Å²) in [5, 5.41) is 0. The molecular weight excluding hydrogens is 450 g/mol. The van der Waals surface area contributed by atoms with Crippen molar-refractivity contribution in [2.75, 3.05) is 0 Å². The van der Waals surface area contributed by atoms with Gasteiger partial charge < -0.3 is 30.7 Å². The molecule has 0 nitrogen and oxygen atoms in total. The third kappa shape index (κ3) is 5.47. The van der Waals surface area contributed by atoms with E-state index in [2.05, 4.69) is 79.8 Å². The maximum absolute atomic E-state index is 2.39. The molecule has 2 aliphatic rings. The summed E-state index contributed by atoms with van der Waals surface area (Å²) >= 11 is 0. The first kappa shape index (κ1) is 24.4. The molecule has 3 heteroatoms. The van der Waals surface area contributed by atoms with Crippen LogP contribution >= 0.6 is 0 Å². The van der Waals surface area contributed by atoms with Crippen LogP contribution in [0.25, 0.3) is 12.2 Å². The number of halogens is 2. The molecule has 2 aromatic rings. The Morgan fingerprint density at radius 3 is 1.89 bits per heavy atom. The van der Waals surface area contributed by atoms with Crippen molar-refractivity contribution in [2.45, 2.75) is 44.4 Å². The number of benzene rings is 2. The number of allylic oxidation sites excluding steroid dienone is 2. The normalized spacial score (nSPS) is 18.3. The maximum atomic E-state index is 2.39. The van der Waals surface area contributed by atoms with Crippen LogP contribution in [0.4, 0.5) is 0 Å². The van der Waals surface area contributed by atoms with Crippen molar-refractivity contribution in [3.8, 4) is 0 Å². The zero-order valence-corrected chi connectivity index (χ0v) is 19.6. The summed E-state index contributed by atoms with van der Waals surface area (Å²) in [5.74, 6) is 2.90. The monoisotopic (exact) mass is 473 g/mol. The zero-order chi connectivity index (χ0) is 16.4. The van der Waals surface area contributed by atoms with E-state index in [1.807, 2.05) is 0 Å². The SMILES string of the molecule is CC[C-](CCC1C=Cc2ccccc21)CC1C=Cc2ccccc21.[Cl-].[Cl-].[Zr+3]. The predicted octanol–water partition coefficient (Wildman–Crippen LogP) is 0.768. The van der Waals surface area contributed by atoms with Gasteiger partial charge in [0.1, 0.15) is 0 Å². The Hall–Kier alpha value is -0.617. The Bertz CT molecular complexity index is 781. The van der Waals surface area contributed by atoms with Crippen LogP contribution in [0.3, 0.4) is 0 Å². The minimum Gasteiger partial charge on any atom is -1.00 e. The number of hydrogen-bond donors (Lipinski definition) is 0. The van der Waals surface area contributed by atoms with Gasteiger partial charge in [-0.25, -0.2) is 0 Å². The van der Waals surface area contributed by atoms with Gasteiger partial charge >= 0.3 is 26.2 Å². The average Bonchev–Trinajstić information content (AvgIpc) is 3.23. The van der Waals surface area contributed by atoms with Gasteiger partial charge in [-0.2, -0.15) is 19.3 Å². The molecule has 0 bridgehead atoms. The zero-order valence-electron chi connectivity index (χ0n) is 15.7. The summed E-state index contributed by atoms with van der Waals surface area (Å²) in [6.07, 6.45) is 14.3. The fourth-order valence-corrected chi connectivity index (χ4v) is 4.17. The van der Waals surface area contributed by atoms with E-state index in [0.29, 0.717) is 11.8 Å². The molecule has 27 heavy (non-hydrogen) atoms. The Balaban J connectivity index is 0.00000121. The van der Waals surface area contributed by atoms with Gasteiger partial charge in [-0.1, -0.05) is 86.2 Å².